The molecule has 1 aliphatic rings. The normalized spacial score (nSPS) is 24.6. The predicted molar refractivity (Wildman–Crippen MR) is 77.8 cm³/mol. The molecule has 1 nitrogen and oxygen atoms in total. The van der Waals surface area contributed by atoms with Gasteiger partial charge in [-0.05, 0) is 49.1 Å². The summed E-state index contributed by atoms with van der Waals surface area (Å²) in [6, 6.07) is 8.30. The van der Waals surface area contributed by atoms with E-state index in [1.54, 1.807) is 6.07 Å². The highest BCUT2D eigenvalue weighted by Gasteiger charge is 2.31. The van der Waals surface area contributed by atoms with Crippen molar-refractivity contribution in [1.29, 1.82) is 0 Å². The molecule has 1 atom stereocenters. The lowest BCUT2D eigenvalue weighted by Gasteiger charge is -2.38. The fourth-order valence-corrected chi connectivity index (χ4v) is 3.34. The van der Waals surface area contributed by atoms with Gasteiger partial charge in [-0.1, -0.05) is 19.1 Å². The van der Waals surface area contributed by atoms with Crippen molar-refractivity contribution < 1.29 is 4.39 Å². The molecule has 0 radical (unpaired) electrons. The summed E-state index contributed by atoms with van der Waals surface area (Å²) in [6.07, 6.45) is 5.63. The van der Waals surface area contributed by atoms with Crippen LogP contribution in [0.25, 0.3) is 0 Å². The van der Waals surface area contributed by atoms with Gasteiger partial charge in [0, 0.05) is 17.8 Å². The average Bonchev–Trinajstić information content (AvgIpc) is 2.31. The van der Waals surface area contributed by atoms with E-state index in [9.17, 15) is 4.39 Å². The molecule has 18 heavy (non-hydrogen) atoms. The van der Waals surface area contributed by atoms with Gasteiger partial charge in [0.2, 0.25) is 0 Å². The minimum Gasteiger partial charge on any atom is -0.310 e. The van der Waals surface area contributed by atoms with Crippen molar-refractivity contribution in [2.75, 3.05) is 12.0 Å². The molecule has 0 spiro atoms. The highest BCUT2D eigenvalue weighted by molar-refractivity contribution is 7.98. The molecule has 100 valence electrons. The zero-order chi connectivity index (χ0) is 13.0. The Hall–Kier alpha value is -0.540. The summed E-state index contributed by atoms with van der Waals surface area (Å²) in [4.78, 5) is 0. The average molecular weight is 267 g/mol. The number of rotatable bonds is 6. The number of thioether (sulfide) groups is 1. The van der Waals surface area contributed by atoms with Crippen LogP contribution in [0, 0.1) is 5.82 Å². The quantitative estimate of drug-likeness (QED) is 0.841. The van der Waals surface area contributed by atoms with E-state index in [2.05, 4.69) is 18.5 Å². The first-order valence-corrected chi connectivity index (χ1v) is 8.12. The maximum Gasteiger partial charge on any atom is 0.123 e. The maximum absolute atomic E-state index is 13.1. The second-order valence-electron chi connectivity index (χ2n) is 5.15. The van der Waals surface area contributed by atoms with Crippen molar-refractivity contribution in [2.45, 2.75) is 44.2 Å². The second-order valence-corrected chi connectivity index (χ2v) is 6.06. The topological polar surface area (TPSA) is 12.0 Å². The van der Waals surface area contributed by atoms with Gasteiger partial charge in [0.25, 0.3) is 0 Å². The molecule has 0 aliphatic heterocycles. The molecular formula is C15H22FNS. The summed E-state index contributed by atoms with van der Waals surface area (Å²) in [7, 11) is 0. The molecule has 2 rings (SSSR count). The van der Waals surface area contributed by atoms with Gasteiger partial charge < -0.3 is 5.32 Å². The third-order valence-corrected chi connectivity index (χ3v) is 4.53. The number of nitrogens with one attached hydrogen (secondary N) is 1. The largest absolute Gasteiger partial charge is 0.310 e. The van der Waals surface area contributed by atoms with Gasteiger partial charge in [-0.3, -0.25) is 0 Å². The van der Waals surface area contributed by atoms with Gasteiger partial charge >= 0.3 is 0 Å². The summed E-state index contributed by atoms with van der Waals surface area (Å²) < 4.78 is 13.1. The molecule has 1 aromatic carbocycles. The van der Waals surface area contributed by atoms with Gasteiger partial charge in [0.15, 0.2) is 0 Å². The number of halogens is 1. The lowest BCUT2D eigenvalue weighted by molar-refractivity contribution is 0.268. The van der Waals surface area contributed by atoms with Crippen LogP contribution in [-0.2, 0) is 0 Å². The van der Waals surface area contributed by atoms with E-state index in [1.165, 1.54) is 18.2 Å². The Morgan fingerprint density at radius 1 is 1.44 bits per heavy atom. The lowest BCUT2D eigenvalue weighted by Crippen LogP contribution is -2.46. The summed E-state index contributed by atoms with van der Waals surface area (Å²) in [5.41, 5.74) is 1.16. The van der Waals surface area contributed by atoms with Crippen molar-refractivity contribution in [3.05, 3.63) is 35.6 Å². The van der Waals surface area contributed by atoms with Crippen LogP contribution in [0.1, 0.15) is 37.7 Å². The smallest absolute Gasteiger partial charge is 0.123 e. The molecule has 0 amide bonds. The molecule has 1 unspecified atom stereocenters. The Labute approximate surface area is 114 Å². The highest BCUT2D eigenvalue weighted by Crippen LogP contribution is 2.37. The standard InChI is InChI=1S/C15H22FNS/c1-3-14(10-18-2)17-15-8-12(9-15)11-5-4-6-13(16)7-11/h4-7,12,14-15,17H,3,8-10H2,1-2H3. The van der Waals surface area contributed by atoms with Crippen LogP contribution in [0.3, 0.4) is 0 Å². The molecule has 0 bridgehead atoms. The first-order valence-electron chi connectivity index (χ1n) is 6.73. The van der Waals surface area contributed by atoms with Crippen LogP contribution in [0.5, 0.6) is 0 Å². The molecule has 1 aliphatic carbocycles. The van der Waals surface area contributed by atoms with Crippen LogP contribution in [0.2, 0.25) is 0 Å². The second kappa shape index (κ2) is 6.58. The highest BCUT2D eigenvalue weighted by atomic mass is 32.2. The molecule has 1 aromatic rings. The van der Waals surface area contributed by atoms with Crippen LogP contribution >= 0.6 is 11.8 Å². The predicted octanol–water partition coefficient (Wildman–Crippen LogP) is 3.80. The van der Waals surface area contributed by atoms with Crippen molar-refractivity contribution in [2.24, 2.45) is 0 Å². The van der Waals surface area contributed by atoms with Crippen LogP contribution in [0.4, 0.5) is 4.39 Å². The molecule has 0 saturated heterocycles. The first-order chi connectivity index (χ1) is 8.72. The third-order valence-electron chi connectivity index (χ3n) is 3.79. The molecule has 0 heterocycles. The van der Waals surface area contributed by atoms with E-state index >= 15 is 0 Å². The van der Waals surface area contributed by atoms with Crippen molar-refractivity contribution in [1.82, 2.24) is 5.32 Å². The Morgan fingerprint density at radius 2 is 2.22 bits per heavy atom. The van der Waals surface area contributed by atoms with Crippen molar-refractivity contribution in [3.8, 4) is 0 Å². The van der Waals surface area contributed by atoms with Gasteiger partial charge in [-0.25, -0.2) is 4.39 Å². The van der Waals surface area contributed by atoms with Crippen LogP contribution < -0.4 is 5.32 Å². The zero-order valence-electron chi connectivity index (χ0n) is 11.2. The SMILES string of the molecule is CCC(CSC)NC1CC(c2cccc(F)c2)C1. The fraction of sp³-hybridized carbons (Fsp3) is 0.600. The molecule has 1 N–H and O–H groups in total. The Kier molecular flexibility index (Phi) is 5.07. The van der Waals surface area contributed by atoms with E-state index < -0.39 is 0 Å². The molecule has 0 aromatic heterocycles. The van der Waals surface area contributed by atoms with E-state index in [0.29, 0.717) is 18.0 Å². The minimum absolute atomic E-state index is 0.113. The molecule has 1 fully saturated rings. The Balaban J connectivity index is 1.80. The number of benzene rings is 1. The zero-order valence-corrected chi connectivity index (χ0v) is 12.0. The van der Waals surface area contributed by atoms with E-state index in [4.69, 9.17) is 0 Å². The van der Waals surface area contributed by atoms with Crippen LogP contribution in [0.15, 0.2) is 24.3 Å². The van der Waals surface area contributed by atoms with Crippen molar-refractivity contribution in [3.63, 3.8) is 0 Å². The summed E-state index contributed by atoms with van der Waals surface area (Å²) >= 11 is 1.90. The number of hydrogen-bond acceptors (Lipinski definition) is 2. The van der Waals surface area contributed by atoms with E-state index in [1.807, 2.05) is 23.9 Å². The molecule has 3 heteroatoms. The van der Waals surface area contributed by atoms with Crippen LogP contribution in [-0.4, -0.2) is 24.1 Å². The fourth-order valence-electron chi connectivity index (χ4n) is 2.60. The van der Waals surface area contributed by atoms with E-state index in [-0.39, 0.29) is 5.82 Å². The summed E-state index contributed by atoms with van der Waals surface area (Å²) in [6.45, 7) is 2.23. The Morgan fingerprint density at radius 3 is 2.83 bits per heavy atom. The third kappa shape index (κ3) is 3.48. The molecular weight excluding hydrogens is 245 g/mol. The van der Waals surface area contributed by atoms with E-state index in [0.717, 1.165) is 18.4 Å². The first kappa shape index (κ1) is 13.9. The van der Waals surface area contributed by atoms with Crippen molar-refractivity contribution >= 4 is 11.8 Å². The van der Waals surface area contributed by atoms with Gasteiger partial charge in [-0.15, -0.1) is 0 Å². The monoisotopic (exact) mass is 267 g/mol. The molecule has 1 saturated carbocycles. The number of hydrogen-bond donors (Lipinski definition) is 1. The minimum atomic E-state index is -0.113. The maximum atomic E-state index is 13.1. The van der Waals surface area contributed by atoms with Gasteiger partial charge in [0.1, 0.15) is 5.82 Å². The lowest BCUT2D eigenvalue weighted by atomic mass is 9.75. The van der Waals surface area contributed by atoms with Gasteiger partial charge in [-0.2, -0.15) is 11.8 Å². The summed E-state index contributed by atoms with van der Waals surface area (Å²) in [5.74, 6) is 1.61. The van der Waals surface area contributed by atoms with Gasteiger partial charge in [0.05, 0.1) is 0 Å². The Bertz CT molecular complexity index is 377. The summed E-state index contributed by atoms with van der Waals surface area (Å²) in [5, 5.41) is 3.70.